The Kier molecular flexibility index (Phi) is 46.4. The third kappa shape index (κ3) is 42.8. The number of hydrogen-bond acceptors (Lipinski definition) is 7. The number of ether oxygens (including phenoxy) is 5. The zero-order chi connectivity index (χ0) is 46.8. The molecule has 0 spiro atoms. The minimum atomic E-state index is -0.183. The number of piperidine rings is 1. The monoisotopic (exact) mass is 910 g/mol. The summed E-state index contributed by atoms with van der Waals surface area (Å²) in [7, 11) is 0. The van der Waals surface area contributed by atoms with Gasteiger partial charge in [-0.3, -0.25) is 4.79 Å². The van der Waals surface area contributed by atoms with Gasteiger partial charge in [-0.15, -0.1) is 12.3 Å². The summed E-state index contributed by atoms with van der Waals surface area (Å²) < 4.78 is 30.3. The van der Waals surface area contributed by atoms with Gasteiger partial charge in [-0.1, -0.05) is 166 Å². The van der Waals surface area contributed by atoms with Gasteiger partial charge in [0.05, 0.1) is 26.4 Å². The van der Waals surface area contributed by atoms with Crippen LogP contribution in [0.15, 0.2) is 67.0 Å². The molecule has 1 saturated heterocycles. The van der Waals surface area contributed by atoms with Crippen LogP contribution in [0.4, 0.5) is 0 Å². The predicted molar refractivity (Wildman–Crippen MR) is 277 cm³/mol. The molecule has 3 atom stereocenters. The van der Waals surface area contributed by atoms with E-state index in [4.69, 9.17) is 23.7 Å². The Labute approximate surface area is 402 Å². The lowest BCUT2D eigenvalue weighted by atomic mass is 10.0. The summed E-state index contributed by atoms with van der Waals surface area (Å²) in [6.45, 7) is 16.0. The second-order valence-electron chi connectivity index (χ2n) is 18.4. The Morgan fingerprint density at radius 2 is 1.05 bits per heavy atom. The fourth-order valence-electron chi connectivity index (χ4n) is 8.37. The Bertz CT molecular complexity index is 1180. The topological polar surface area (TPSA) is 66.5 Å². The average Bonchev–Trinajstić information content (AvgIpc) is 3.31. The third-order valence-electron chi connectivity index (χ3n) is 12.3. The summed E-state index contributed by atoms with van der Waals surface area (Å²) in [6, 6.07) is 0. The molecule has 1 heterocycles. The van der Waals surface area contributed by atoms with Gasteiger partial charge in [0.25, 0.3) is 0 Å². The van der Waals surface area contributed by atoms with Crippen LogP contribution in [0.25, 0.3) is 0 Å². The van der Waals surface area contributed by atoms with Crippen molar-refractivity contribution >= 4 is 5.97 Å². The van der Waals surface area contributed by atoms with E-state index in [0.29, 0.717) is 32.8 Å². The first-order valence-corrected chi connectivity index (χ1v) is 27.4. The summed E-state index contributed by atoms with van der Waals surface area (Å²) in [4.78, 5) is 15.5. The predicted octanol–water partition coefficient (Wildman–Crippen LogP) is 16.4. The molecule has 0 saturated carbocycles. The molecule has 0 aromatic heterocycles. The van der Waals surface area contributed by atoms with Crippen molar-refractivity contribution < 1.29 is 28.5 Å². The van der Waals surface area contributed by atoms with Crippen LogP contribution in [0, 0.1) is 0 Å². The highest BCUT2D eigenvalue weighted by Gasteiger charge is 2.16. The number of allylic oxidation sites excluding steroid dienone is 4. The first-order valence-electron chi connectivity index (χ1n) is 27.4. The Morgan fingerprint density at radius 3 is 1.55 bits per heavy atom. The molecule has 0 aromatic rings. The van der Waals surface area contributed by atoms with Crippen LogP contribution in [0.2, 0.25) is 0 Å². The lowest BCUT2D eigenvalue weighted by molar-refractivity contribution is -0.150. The number of likely N-dealkylation sites (tertiary alicyclic amines) is 1. The Balaban J connectivity index is 2.39. The van der Waals surface area contributed by atoms with E-state index in [0.717, 1.165) is 77.2 Å². The highest BCUT2D eigenvalue weighted by molar-refractivity contribution is 5.69. The van der Waals surface area contributed by atoms with Crippen molar-refractivity contribution in [3.8, 4) is 0 Å². The molecule has 1 rings (SSSR count). The van der Waals surface area contributed by atoms with Crippen LogP contribution in [0.1, 0.15) is 233 Å². The molecule has 7 heteroatoms. The van der Waals surface area contributed by atoms with Crippen molar-refractivity contribution in [1.82, 2.24) is 4.90 Å². The number of carbonyl (C=O) groups is 1. The first-order chi connectivity index (χ1) is 32.1. The number of esters is 1. The Morgan fingerprint density at radius 1 is 0.569 bits per heavy atom. The van der Waals surface area contributed by atoms with Crippen LogP contribution in [-0.4, -0.2) is 75.6 Å². The molecule has 1 aliphatic rings. The lowest BCUT2D eigenvalue weighted by Gasteiger charge is -2.26. The van der Waals surface area contributed by atoms with Crippen LogP contribution < -0.4 is 0 Å². The van der Waals surface area contributed by atoms with Gasteiger partial charge in [0.2, 0.25) is 0 Å². The molecule has 0 radical (unpaired) electrons. The molecule has 7 nitrogen and oxygen atoms in total. The van der Waals surface area contributed by atoms with Crippen LogP contribution in [0.5, 0.6) is 0 Å². The fourth-order valence-corrected chi connectivity index (χ4v) is 8.37. The van der Waals surface area contributed by atoms with Crippen molar-refractivity contribution in [2.75, 3.05) is 46.1 Å². The number of unbranched alkanes of at least 4 members (excludes halogenated alkanes) is 20. The summed E-state index contributed by atoms with van der Waals surface area (Å²) in [5.41, 5.74) is 3.15. The highest BCUT2D eigenvalue weighted by atomic mass is 16.7. The van der Waals surface area contributed by atoms with Crippen molar-refractivity contribution in [3.05, 3.63) is 67.0 Å². The van der Waals surface area contributed by atoms with E-state index in [9.17, 15) is 4.79 Å². The summed E-state index contributed by atoms with van der Waals surface area (Å²) in [5.74, 6) is 0.00984. The van der Waals surface area contributed by atoms with E-state index in [-0.39, 0.29) is 24.7 Å². The summed E-state index contributed by atoms with van der Waals surface area (Å²) >= 11 is 0. The van der Waals surface area contributed by atoms with Gasteiger partial charge in [-0.05, 0) is 135 Å². The van der Waals surface area contributed by atoms with Gasteiger partial charge >= 0.3 is 5.97 Å². The second-order valence-corrected chi connectivity index (χ2v) is 18.4. The quantitative estimate of drug-likeness (QED) is 0.0150. The molecule has 0 N–H and O–H groups in total. The molecule has 1 fully saturated rings. The Hall–Kier alpha value is -2.25. The van der Waals surface area contributed by atoms with Gasteiger partial charge in [-0.2, -0.15) is 0 Å². The molecular formula is C58H103NO6. The van der Waals surface area contributed by atoms with Crippen molar-refractivity contribution in [2.45, 2.75) is 251 Å². The normalized spacial score (nSPS) is 14.9. The fraction of sp³-hybridized carbons (Fsp3) is 0.793. The molecule has 1 aliphatic heterocycles. The molecule has 3 unspecified atom stereocenters. The van der Waals surface area contributed by atoms with Gasteiger partial charge in [0.15, 0.2) is 12.6 Å². The van der Waals surface area contributed by atoms with E-state index >= 15 is 0 Å². The SMILES string of the molecule is C=CCOC(CCCCCCCCCC(CCCCCCCCCC(OCC=C=C/C=C/C)OC/C=C\CCCCCC)OC(=O)CCCN1CCCCC1)OC/C=C\CCCCCC. The standard InChI is InChI=1S/C58H103NO6/c1-5-9-12-15-23-30-40-53-62-57(61-51-8-4)46-35-27-21-17-19-25-33-43-55(65-56(60)45-42-50-59-48-37-32-38-49-59)44-34-26-20-18-22-28-36-47-58(63-52-39-29-14-11-7-3)64-54-41-31-24-16-13-10-6-2/h7-8,11,14,30-31,39-41,55,57-58H,4-6,9-10,12-13,15-28,32-38,42-54H2,1-3H3/b11-7+,40-30-,41-31-. The smallest absolute Gasteiger partial charge is 0.306 e. The largest absolute Gasteiger partial charge is 0.462 e. The number of carbonyl (C=O) groups excluding carboxylic acids is 1. The maximum absolute atomic E-state index is 13.0. The average molecular weight is 910 g/mol. The number of nitrogens with zero attached hydrogens (tertiary/aromatic N) is 1. The van der Waals surface area contributed by atoms with Crippen molar-refractivity contribution in [2.24, 2.45) is 0 Å². The minimum absolute atomic E-state index is 0.00984. The van der Waals surface area contributed by atoms with Crippen molar-refractivity contribution in [3.63, 3.8) is 0 Å². The zero-order valence-electron chi connectivity index (χ0n) is 42.8. The van der Waals surface area contributed by atoms with E-state index in [1.165, 1.54) is 148 Å². The maximum atomic E-state index is 13.0. The van der Waals surface area contributed by atoms with E-state index in [2.05, 4.69) is 55.4 Å². The molecule has 376 valence electrons. The van der Waals surface area contributed by atoms with E-state index in [1.54, 1.807) is 6.08 Å². The molecule has 0 aliphatic carbocycles. The van der Waals surface area contributed by atoms with Crippen LogP contribution >= 0.6 is 0 Å². The van der Waals surface area contributed by atoms with E-state index < -0.39 is 0 Å². The zero-order valence-corrected chi connectivity index (χ0v) is 42.8. The summed E-state index contributed by atoms with van der Waals surface area (Å²) in [5, 5.41) is 0. The van der Waals surface area contributed by atoms with Crippen molar-refractivity contribution in [1.29, 1.82) is 0 Å². The van der Waals surface area contributed by atoms with Crippen LogP contribution in [0.3, 0.4) is 0 Å². The lowest BCUT2D eigenvalue weighted by Crippen LogP contribution is -2.31. The second kappa shape index (κ2) is 49.6. The molecular weight excluding hydrogens is 807 g/mol. The van der Waals surface area contributed by atoms with Gasteiger partial charge in [0.1, 0.15) is 6.10 Å². The van der Waals surface area contributed by atoms with Gasteiger partial charge in [-0.25, -0.2) is 0 Å². The minimum Gasteiger partial charge on any atom is -0.462 e. The molecule has 0 amide bonds. The van der Waals surface area contributed by atoms with Gasteiger partial charge < -0.3 is 28.6 Å². The summed E-state index contributed by atoms with van der Waals surface area (Å²) in [6.07, 6.45) is 56.7. The van der Waals surface area contributed by atoms with E-state index in [1.807, 2.05) is 31.2 Å². The number of rotatable bonds is 48. The van der Waals surface area contributed by atoms with Crippen LogP contribution in [-0.2, 0) is 28.5 Å². The number of hydrogen-bond donors (Lipinski definition) is 0. The third-order valence-corrected chi connectivity index (χ3v) is 12.3. The highest BCUT2D eigenvalue weighted by Crippen LogP contribution is 2.20. The molecule has 0 bridgehead atoms. The first kappa shape index (κ1) is 60.8. The van der Waals surface area contributed by atoms with Gasteiger partial charge in [0, 0.05) is 6.42 Å². The maximum Gasteiger partial charge on any atom is 0.306 e. The molecule has 65 heavy (non-hydrogen) atoms. The molecule has 0 aromatic carbocycles.